The second-order valence-corrected chi connectivity index (χ2v) is 5.16. The minimum Gasteiger partial charge on any atom is -0.465 e. The maximum absolute atomic E-state index is 11.7. The minimum absolute atomic E-state index is 0.365. The highest BCUT2D eigenvalue weighted by molar-refractivity contribution is 5.96. The van der Waals surface area contributed by atoms with Crippen molar-refractivity contribution in [3.63, 3.8) is 0 Å². The number of benzene rings is 2. The summed E-state index contributed by atoms with van der Waals surface area (Å²) in [6.07, 6.45) is 0. The standard InChI is InChI=1S/C17H20N2O2/c1-11(2)13-6-4-5-7-16(13)19-12-8-9-15(18)14(10-12)17(20)21-3/h4-11,19H,18H2,1-3H3. The number of para-hydroxylation sites is 1. The average molecular weight is 284 g/mol. The van der Waals surface area contributed by atoms with Crippen LogP contribution in [0.3, 0.4) is 0 Å². The van der Waals surface area contributed by atoms with E-state index in [0.717, 1.165) is 11.4 Å². The molecule has 0 unspecified atom stereocenters. The maximum Gasteiger partial charge on any atom is 0.340 e. The van der Waals surface area contributed by atoms with E-state index in [1.807, 2.05) is 24.3 Å². The zero-order chi connectivity index (χ0) is 15.4. The van der Waals surface area contributed by atoms with Crippen molar-refractivity contribution in [3.05, 3.63) is 53.6 Å². The Morgan fingerprint density at radius 1 is 1.19 bits per heavy atom. The first kappa shape index (κ1) is 14.9. The Morgan fingerprint density at radius 3 is 2.57 bits per heavy atom. The van der Waals surface area contributed by atoms with E-state index in [4.69, 9.17) is 10.5 Å². The molecule has 0 atom stereocenters. The Hall–Kier alpha value is -2.49. The summed E-state index contributed by atoms with van der Waals surface area (Å²) in [5.74, 6) is -0.0316. The monoisotopic (exact) mass is 284 g/mol. The van der Waals surface area contributed by atoms with Gasteiger partial charge in [0.2, 0.25) is 0 Å². The van der Waals surface area contributed by atoms with E-state index in [0.29, 0.717) is 17.2 Å². The Bertz CT molecular complexity index is 651. The van der Waals surface area contributed by atoms with Crippen molar-refractivity contribution in [2.45, 2.75) is 19.8 Å². The molecule has 0 aromatic heterocycles. The molecule has 0 aliphatic heterocycles. The fourth-order valence-corrected chi connectivity index (χ4v) is 2.19. The van der Waals surface area contributed by atoms with Gasteiger partial charge in [-0.05, 0) is 35.7 Å². The second-order valence-electron chi connectivity index (χ2n) is 5.16. The fourth-order valence-electron chi connectivity index (χ4n) is 2.19. The van der Waals surface area contributed by atoms with Crippen LogP contribution in [-0.4, -0.2) is 13.1 Å². The normalized spacial score (nSPS) is 10.5. The lowest BCUT2D eigenvalue weighted by Gasteiger charge is -2.15. The Morgan fingerprint density at radius 2 is 1.90 bits per heavy atom. The number of ether oxygens (including phenoxy) is 1. The molecule has 2 rings (SSSR count). The molecule has 110 valence electrons. The van der Waals surface area contributed by atoms with E-state index in [1.165, 1.54) is 12.7 Å². The van der Waals surface area contributed by atoms with Crippen LogP contribution in [-0.2, 0) is 4.74 Å². The molecule has 0 saturated carbocycles. The molecular formula is C17H20N2O2. The largest absolute Gasteiger partial charge is 0.465 e. The number of rotatable bonds is 4. The van der Waals surface area contributed by atoms with Crippen LogP contribution in [0, 0.1) is 0 Å². The quantitative estimate of drug-likeness (QED) is 0.659. The van der Waals surface area contributed by atoms with Crippen molar-refractivity contribution < 1.29 is 9.53 Å². The first-order valence-corrected chi connectivity index (χ1v) is 6.86. The van der Waals surface area contributed by atoms with Crippen molar-refractivity contribution in [1.82, 2.24) is 0 Å². The van der Waals surface area contributed by atoms with Gasteiger partial charge in [-0.2, -0.15) is 0 Å². The average Bonchev–Trinajstić information content (AvgIpc) is 2.48. The lowest BCUT2D eigenvalue weighted by Crippen LogP contribution is -2.06. The number of hydrogen-bond donors (Lipinski definition) is 2. The van der Waals surface area contributed by atoms with E-state index in [2.05, 4.69) is 25.2 Å². The van der Waals surface area contributed by atoms with Gasteiger partial charge in [-0.3, -0.25) is 0 Å². The molecule has 2 aromatic rings. The number of esters is 1. The highest BCUT2D eigenvalue weighted by Gasteiger charge is 2.12. The number of methoxy groups -OCH3 is 1. The summed E-state index contributed by atoms with van der Waals surface area (Å²) in [5.41, 5.74) is 9.62. The molecule has 4 heteroatoms. The van der Waals surface area contributed by atoms with Crippen LogP contribution in [0.4, 0.5) is 17.1 Å². The number of hydrogen-bond acceptors (Lipinski definition) is 4. The van der Waals surface area contributed by atoms with Crippen LogP contribution < -0.4 is 11.1 Å². The fraction of sp³-hybridized carbons (Fsp3) is 0.235. The van der Waals surface area contributed by atoms with Crippen LogP contribution >= 0.6 is 0 Å². The molecule has 4 nitrogen and oxygen atoms in total. The van der Waals surface area contributed by atoms with Crippen LogP contribution in [0.5, 0.6) is 0 Å². The first-order chi connectivity index (χ1) is 10.0. The Balaban J connectivity index is 2.35. The Labute approximate surface area is 124 Å². The van der Waals surface area contributed by atoms with Crippen molar-refractivity contribution >= 4 is 23.0 Å². The highest BCUT2D eigenvalue weighted by atomic mass is 16.5. The van der Waals surface area contributed by atoms with Gasteiger partial charge in [0.1, 0.15) is 0 Å². The van der Waals surface area contributed by atoms with Crippen LogP contribution in [0.1, 0.15) is 35.7 Å². The summed E-state index contributed by atoms with van der Waals surface area (Å²) in [6.45, 7) is 4.28. The van der Waals surface area contributed by atoms with E-state index >= 15 is 0 Å². The van der Waals surface area contributed by atoms with Gasteiger partial charge in [0.15, 0.2) is 0 Å². The van der Waals surface area contributed by atoms with Gasteiger partial charge in [0.05, 0.1) is 12.7 Å². The molecule has 3 N–H and O–H groups in total. The van der Waals surface area contributed by atoms with Crippen LogP contribution in [0.25, 0.3) is 0 Å². The molecule has 0 amide bonds. The van der Waals surface area contributed by atoms with E-state index in [-0.39, 0.29) is 0 Å². The van der Waals surface area contributed by atoms with Gasteiger partial charge in [-0.15, -0.1) is 0 Å². The Kier molecular flexibility index (Phi) is 4.48. The van der Waals surface area contributed by atoms with Crippen molar-refractivity contribution in [1.29, 1.82) is 0 Å². The molecule has 21 heavy (non-hydrogen) atoms. The van der Waals surface area contributed by atoms with Gasteiger partial charge in [0.25, 0.3) is 0 Å². The summed E-state index contributed by atoms with van der Waals surface area (Å²) in [7, 11) is 1.34. The van der Waals surface area contributed by atoms with Crippen LogP contribution in [0.15, 0.2) is 42.5 Å². The summed E-state index contributed by atoms with van der Waals surface area (Å²) in [5, 5.41) is 3.34. The SMILES string of the molecule is COC(=O)c1cc(Nc2ccccc2C(C)C)ccc1N. The third-order valence-electron chi connectivity index (χ3n) is 3.32. The predicted octanol–water partition coefficient (Wildman–Crippen LogP) is 3.92. The smallest absolute Gasteiger partial charge is 0.340 e. The predicted molar refractivity (Wildman–Crippen MR) is 86.0 cm³/mol. The summed E-state index contributed by atoms with van der Waals surface area (Å²) < 4.78 is 4.74. The van der Waals surface area contributed by atoms with Crippen molar-refractivity contribution in [2.24, 2.45) is 0 Å². The molecule has 0 spiro atoms. The van der Waals surface area contributed by atoms with Gasteiger partial charge in [-0.1, -0.05) is 32.0 Å². The van der Waals surface area contributed by atoms with Gasteiger partial charge >= 0.3 is 5.97 Å². The number of carbonyl (C=O) groups excluding carboxylic acids is 1. The number of nitrogens with one attached hydrogen (secondary N) is 1. The molecule has 0 aliphatic carbocycles. The molecule has 0 bridgehead atoms. The molecule has 0 heterocycles. The highest BCUT2D eigenvalue weighted by Crippen LogP contribution is 2.28. The molecule has 0 aliphatic rings. The van der Waals surface area contributed by atoms with Gasteiger partial charge in [-0.25, -0.2) is 4.79 Å². The summed E-state index contributed by atoms with van der Waals surface area (Å²) >= 11 is 0. The third-order valence-corrected chi connectivity index (χ3v) is 3.32. The second kappa shape index (κ2) is 6.31. The maximum atomic E-state index is 11.7. The molecule has 0 fully saturated rings. The number of anilines is 3. The van der Waals surface area contributed by atoms with Gasteiger partial charge in [0, 0.05) is 17.1 Å². The van der Waals surface area contributed by atoms with Crippen LogP contribution in [0.2, 0.25) is 0 Å². The van der Waals surface area contributed by atoms with E-state index in [1.54, 1.807) is 12.1 Å². The lowest BCUT2D eigenvalue weighted by atomic mass is 10.0. The van der Waals surface area contributed by atoms with Crippen molar-refractivity contribution in [3.8, 4) is 0 Å². The third kappa shape index (κ3) is 3.34. The molecular weight excluding hydrogens is 264 g/mol. The molecule has 0 radical (unpaired) electrons. The van der Waals surface area contributed by atoms with E-state index in [9.17, 15) is 4.79 Å². The number of nitrogen functional groups attached to an aromatic ring is 1. The first-order valence-electron chi connectivity index (χ1n) is 6.86. The van der Waals surface area contributed by atoms with E-state index < -0.39 is 5.97 Å². The number of carbonyl (C=O) groups is 1. The summed E-state index contributed by atoms with van der Waals surface area (Å²) in [6, 6.07) is 13.4. The van der Waals surface area contributed by atoms with Crippen molar-refractivity contribution in [2.75, 3.05) is 18.2 Å². The topological polar surface area (TPSA) is 64.3 Å². The lowest BCUT2D eigenvalue weighted by molar-refractivity contribution is 0.0602. The number of nitrogens with two attached hydrogens (primary N) is 1. The molecule has 0 saturated heterocycles. The zero-order valence-electron chi connectivity index (χ0n) is 12.5. The molecule has 2 aromatic carbocycles. The zero-order valence-corrected chi connectivity index (χ0v) is 12.5. The van der Waals surface area contributed by atoms with Gasteiger partial charge < -0.3 is 15.8 Å². The summed E-state index contributed by atoms with van der Waals surface area (Å²) in [4.78, 5) is 11.7. The minimum atomic E-state index is -0.437.